The number of carbonyl (C=O) groups excluding carboxylic acids is 1. The van der Waals surface area contributed by atoms with Gasteiger partial charge < -0.3 is 34.6 Å². The van der Waals surface area contributed by atoms with Crippen LogP contribution in [-0.4, -0.2) is 81.3 Å². The smallest absolute Gasteiger partial charge is 0.334 e. The number of carbonyl (C=O) groups is 1. The molecule has 9 atom stereocenters. The Hall–Kier alpha value is -1.03. The molecule has 0 amide bonds. The molecule has 0 aliphatic carbocycles. The molecular weight excluding hydrogens is 572 g/mol. The van der Waals surface area contributed by atoms with Crippen molar-refractivity contribution in [3.8, 4) is 0 Å². The molecule has 8 nitrogen and oxygen atoms in total. The second-order valence-corrected chi connectivity index (χ2v) is 14.2. The van der Waals surface area contributed by atoms with Crippen molar-refractivity contribution in [3.63, 3.8) is 0 Å². The molecule has 9 unspecified atom stereocenters. The highest BCUT2D eigenvalue weighted by Gasteiger charge is 2.36. The summed E-state index contributed by atoms with van der Waals surface area (Å²) < 4.78 is 17.3. The minimum Gasteiger partial charge on any atom is -0.455 e. The highest BCUT2D eigenvalue weighted by Crippen LogP contribution is 2.31. The fraction of sp³-hybridized carbons (Fsp3) is 0.919. The summed E-state index contributed by atoms with van der Waals surface area (Å²) in [6.07, 6.45) is 22.1. The first kappa shape index (κ1) is 38.4. The first-order chi connectivity index (χ1) is 21.8. The van der Waals surface area contributed by atoms with E-state index in [0.717, 1.165) is 77.0 Å². The zero-order valence-corrected chi connectivity index (χ0v) is 28.5. The van der Waals surface area contributed by atoms with Gasteiger partial charge in [0.1, 0.15) is 6.10 Å². The van der Waals surface area contributed by atoms with Crippen LogP contribution >= 0.6 is 0 Å². The Labute approximate surface area is 273 Å². The second-order valence-electron chi connectivity index (χ2n) is 14.2. The normalized spacial score (nSPS) is 27.8. The molecule has 45 heavy (non-hydrogen) atoms. The minimum atomic E-state index is -0.609. The van der Waals surface area contributed by atoms with E-state index < -0.39 is 24.4 Å². The maximum atomic E-state index is 11.7. The number of unbranched alkanes of at least 4 members (excludes halogenated alkanes) is 11. The lowest BCUT2D eigenvalue weighted by Gasteiger charge is -2.24. The Kier molecular flexibility index (Phi) is 18.6. The van der Waals surface area contributed by atoms with Gasteiger partial charge in [-0.15, -0.1) is 0 Å². The van der Waals surface area contributed by atoms with Gasteiger partial charge in [0.2, 0.25) is 0 Å². The molecule has 0 aromatic rings. The average Bonchev–Trinajstić information content (AvgIpc) is 3.77. The van der Waals surface area contributed by atoms with Crippen LogP contribution < -0.4 is 0 Å². The van der Waals surface area contributed by atoms with Gasteiger partial charge in [0, 0.05) is 12.0 Å². The van der Waals surface area contributed by atoms with Crippen molar-refractivity contribution in [2.24, 2.45) is 0 Å². The number of ether oxygens (including phenoxy) is 3. The third-order valence-electron chi connectivity index (χ3n) is 10.1. The summed E-state index contributed by atoms with van der Waals surface area (Å²) in [6.45, 7) is 3.99. The number of aliphatic hydroxyl groups excluding tert-OH is 4. The van der Waals surface area contributed by atoms with E-state index in [2.05, 4.69) is 6.92 Å². The van der Waals surface area contributed by atoms with Crippen molar-refractivity contribution in [3.05, 3.63) is 11.6 Å². The van der Waals surface area contributed by atoms with Crippen molar-refractivity contribution in [2.45, 2.75) is 216 Å². The Morgan fingerprint density at radius 3 is 1.76 bits per heavy atom. The highest BCUT2D eigenvalue weighted by molar-refractivity contribution is 5.90. The molecule has 2 fully saturated rings. The summed E-state index contributed by atoms with van der Waals surface area (Å²) in [5.41, 5.74) is 0.622. The zero-order valence-electron chi connectivity index (χ0n) is 28.5. The van der Waals surface area contributed by atoms with Gasteiger partial charge in [-0.3, -0.25) is 0 Å². The molecular formula is C37H66O8. The van der Waals surface area contributed by atoms with Gasteiger partial charge in [-0.25, -0.2) is 4.79 Å². The number of cyclic esters (lactones) is 1. The van der Waals surface area contributed by atoms with Crippen LogP contribution in [-0.2, 0) is 19.0 Å². The Balaban J connectivity index is 1.10. The maximum absolute atomic E-state index is 11.7. The van der Waals surface area contributed by atoms with E-state index in [9.17, 15) is 25.2 Å². The van der Waals surface area contributed by atoms with Crippen molar-refractivity contribution in [1.29, 1.82) is 0 Å². The summed E-state index contributed by atoms with van der Waals surface area (Å²) in [7, 11) is 0. The average molecular weight is 639 g/mol. The SMILES string of the molecule is CCCCCC(O)C1CCC(C(O)CCC(O)C2CCC(CCCCCCCCCCCCC(O)CC3=CC(C)OC3=O)O2)O1. The molecule has 2 saturated heterocycles. The molecule has 0 spiro atoms. The molecule has 262 valence electrons. The van der Waals surface area contributed by atoms with Crippen LogP contribution in [0.4, 0.5) is 0 Å². The Morgan fingerprint density at radius 2 is 1.18 bits per heavy atom. The molecule has 0 aromatic heterocycles. The first-order valence-corrected chi connectivity index (χ1v) is 18.7. The second kappa shape index (κ2) is 21.8. The number of rotatable bonds is 25. The monoisotopic (exact) mass is 638 g/mol. The lowest BCUT2D eigenvalue weighted by molar-refractivity contribution is -0.139. The molecule has 8 heteroatoms. The summed E-state index contributed by atoms with van der Waals surface area (Å²) in [5, 5.41) is 42.0. The van der Waals surface area contributed by atoms with Gasteiger partial charge in [-0.1, -0.05) is 90.4 Å². The molecule has 3 rings (SSSR count). The van der Waals surface area contributed by atoms with Crippen LogP contribution in [0.5, 0.6) is 0 Å². The van der Waals surface area contributed by atoms with Gasteiger partial charge >= 0.3 is 5.97 Å². The van der Waals surface area contributed by atoms with Crippen LogP contribution in [0.15, 0.2) is 11.6 Å². The van der Waals surface area contributed by atoms with Crippen molar-refractivity contribution >= 4 is 5.97 Å². The van der Waals surface area contributed by atoms with Crippen LogP contribution in [0.25, 0.3) is 0 Å². The molecule has 0 aromatic carbocycles. The van der Waals surface area contributed by atoms with E-state index in [1.54, 1.807) is 0 Å². The fourth-order valence-electron chi connectivity index (χ4n) is 7.29. The number of esters is 1. The lowest BCUT2D eigenvalue weighted by atomic mass is 9.99. The predicted molar refractivity (Wildman–Crippen MR) is 177 cm³/mol. The first-order valence-electron chi connectivity index (χ1n) is 18.7. The van der Waals surface area contributed by atoms with E-state index in [4.69, 9.17) is 14.2 Å². The minimum absolute atomic E-state index is 0.129. The van der Waals surface area contributed by atoms with E-state index in [1.165, 1.54) is 51.4 Å². The number of hydrogen-bond acceptors (Lipinski definition) is 8. The summed E-state index contributed by atoms with van der Waals surface area (Å²) in [5.74, 6) is -0.277. The van der Waals surface area contributed by atoms with Crippen molar-refractivity contribution in [2.75, 3.05) is 0 Å². The standard InChI is InChI=1S/C37H66O8/c1-3-4-13-18-31(39)35-23-24-36(45-35)33(41)21-20-32(40)34-22-19-30(44-34)17-15-12-10-8-6-5-7-9-11-14-16-29(38)26-28-25-27(2)43-37(28)42/h25,27,29-36,38-41H,3-24,26H2,1-2H3. The third-order valence-corrected chi connectivity index (χ3v) is 10.1. The maximum Gasteiger partial charge on any atom is 0.334 e. The molecule has 0 radical (unpaired) electrons. The van der Waals surface area contributed by atoms with E-state index in [1.807, 2.05) is 13.0 Å². The highest BCUT2D eigenvalue weighted by atomic mass is 16.5. The van der Waals surface area contributed by atoms with Crippen LogP contribution in [0, 0.1) is 0 Å². The van der Waals surface area contributed by atoms with Gasteiger partial charge in [0.25, 0.3) is 0 Å². The summed E-state index contributed by atoms with van der Waals surface area (Å²) in [4.78, 5) is 11.7. The van der Waals surface area contributed by atoms with Crippen LogP contribution in [0.2, 0.25) is 0 Å². The molecule has 0 bridgehead atoms. The van der Waals surface area contributed by atoms with Gasteiger partial charge in [0.05, 0.1) is 48.8 Å². The van der Waals surface area contributed by atoms with Gasteiger partial charge in [-0.2, -0.15) is 0 Å². The molecule has 0 saturated carbocycles. The quantitative estimate of drug-likeness (QED) is 0.0634. The zero-order chi connectivity index (χ0) is 32.4. The lowest BCUT2D eigenvalue weighted by Crippen LogP contribution is -2.33. The van der Waals surface area contributed by atoms with Gasteiger partial charge in [-0.05, 0) is 70.8 Å². The van der Waals surface area contributed by atoms with E-state index >= 15 is 0 Å². The van der Waals surface area contributed by atoms with Crippen molar-refractivity contribution < 1.29 is 39.4 Å². The van der Waals surface area contributed by atoms with Gasteiger partial charge in [0.15, 0.2) is 0 Å². The van der Waals surface area contributed by atoms with Crippen LogP contribution in [0.3, 0.4) is 0 Å². The Bertz CT molecular complexity index is 833. The Morgan fingerprint density at radius 1 is 0.667 bits per heavy atom. The van der Waals surface area contributed by atoms with Crippen LogP contribution in [0.1, 0.15) is 162 Å². The molecule has 3 aliphatic heterocycles. The van der Waals surface area contributed by atoms with E-state index in [-0.39, 0.29) is 36.5 Å². The number of aliphatic hydroxyl groups is 4. The topological polar surface area (TPSA) is 126 Å². The fourth-order valence-corrected chi connectivity index (χ4v) is 7.29. The largest absolute Gasteiger partial charge is 0.455 e. The summed E-state index contributed by atoms with van der Waals surface area (Å²) in [6, 6.07) is 0. The van der Waals surface area contributed by atoms with E-state index in [0.29, 0.717) is 24.8 Å². The molecule has 3 aliphatic rings. The third kappa shape index (κ3) is 14.7. The molecule has 4 N–H and O–H groups in total. The van der Waals surface area contributed by atoms with Crippen molar-refractivity contribution in [1.82, 2.24) is 0 Å². The summed E-state index contributed by atoms with van der Waals surface area (Å²) >= 11 is 0. The molecule has 3 heterocycles. The number of hydrogen-bond donors (Lipinski definition) is 4. The predicted octanol–water partition coefficient (Wildman–Crippen LogP) is 6.83.